The normalized spacial score (nSPS) is 22.8. The van der Waals surface area contributed by atoms with Crippen LogP contribution in [0, 0.1) is 19.8 Å². The number of hydrogen-bond donors (Lipinski definition) is 1. The van der Waals surface area contributed by atoms with Gasteiger partial charge in [0.25, 0.3) is 0 Å². The standard InChI is InChI=1S/C31H34F6N4O2S/c1-5-19-8-6-7-9-25(19)40-28-22(10-21(14-38-28)27-16(2)39-18(4)44-27)15-41-17(3)26(43-29(41)42)20-11-23(30(32,33)34)13-24(12-20)31(35,36)37/h10-14,17,19,25-26H,5-9,15H2,1-4H3,(H,38,40)/t17-,19?,25?,26-/m0/s1. The van der Waals surface area contributed by atoms with Crippen LogP contribution in [0.2, 0.25) is 0 Å². The molecule has 1 aliphatic carbocycles. The summed E-state index contributed by atoms with van der Waals surface area (Å²) in [5, 5.41) is 4.47. The fourth-order valence-corrected chi connectivity index (χ4v) is 7.13. The third-order valence-electron chi connectivity index (χ3n) is 8.56. The van der Waals surface area contributed by atoms with E-state index in [1.807, 2.05) is 19.9 Å². The average molecular weight is 641 g/mol. The second-order valence-corrected chi connectivity index (χ2v) is 12.8. The van der Waals surface area contributed by atoms with Gasteiger partial charge in [-0.2, -0.15) is 26.3 Å². The number of nitrogens with zero attached hydrogens (tertiary/aromatic N) is 3. The van der Waals surface area contributed by atoms with Gasteiger partial charge in [-0.25, -0.2) is 14.8 Å². The Hall–Kier alpha value is -3.35. The van der Waals surface area contributed by atoms with Crippen LogP contribution < -0.4 is 5.32 Å². The number of aromatic nitrogens is 2. The molecule has 1 N–H and O–H groups in total. The molecule has 1 aliphatic heterocycles. The summed E-state index contributed by atoms with van der Waals surface area (Å²) >= 11 is 1.51. The SMILES string of the molecule is CCC1CCCCC1Nc1ncc(-c2sc(C)nc2C)cc1CN1C(=O)O[C@H](c2cc(C(F)(F)F)cc(C(F)(F)F)c2)[C@@H]1C. The highest BCUT2D eigenvalue weighted by atomic mass is 32.1. The number of thiazole rings is 1. The molecule has 5 rings (SSSR count). The van der Waals surface area contributed by atoms with Gasteiger partial charge in [0.2, 0.25) is 0 Å². The highest BCUT2D eigenvalue weighted by Crippen LogP contribution is 2.42. The molecule has 6 nitrogen and oxygen atoms in total. The molecule has 2 unspecified atom stereocenters. The van der Waals surface area contributed by atoms with Crippen LogP contribution in [0.3, 0.4) is 0 Å². The average Bonchev–Trinajstić information content (AvgIpc) is 3.45. The lowest BCUT2D eigenvalue weighted by molar-refractivity contribution is -0.143. The first-order valence-corrected chi connectivity index (χ1v) is 15.4. The predicted molar refractivity (Wildman–Crippen MR) is 155 cm³/mol. The van der Waals surface area contributed by atoms with E-state index >= 15 is 0 Å². The number of nitrogens with one attached hydrogen (secondary N) is 1. The van der Waals surface area contributed by atoms with Gasteiger partial charge in [0.1, 0.15) is 11.9 Å². The van der Waals surface area contributed by atoms with Crippen LogP contribution in [0.4, 0.5) is 37.0 Å². The number of amides is 1. The highest BCUT2D eigenvalue weighted by Gasteiger charge is 2.43. The topological polar surface area (TPSA) is 67.4 Å². The third kappa shape index (κ3) is 6.67. The first-order chi connectivity index (χ1) is 20.7. The van der Waals surface area contributed by atoms with E-state index in [4.69, 9.17) is 9.72 Å². The predicted octanol–water partition coefficient (Wildman–Crippen LogP) is 9.32. The zero-order valence-electron chi connectivity index (χ0n) is 24.8. The minimum absolute atomic E-state index is 0.00882. The van der Waals surface area contributed by atoms with E-state index < -0.39 is 41.7 Å². The molecule has 4 atom stereocenters. The lowest BCUT2D eigenvalue weighted by Crippen LogP contribution is -2.34. The van der Waals surface area contributed by atoms with Crippen molar-refractivity contribution in [2.45, 2.75) is 96.9 Å². The number of carbonyl (C=O) groups is 1. The number of carbonyl (C=O) groups excluding carboxylic acids is 1. The summed E-state index contributed by atoms with van der Waals surface area (Å²) in [5.74, 6) is 1.04. The van der Waals surface area contributed by atoms with Crippen LogP contribution in [-0.2, 0) is 23.6 Å². The molecule has 238 valence electrons. The number of hydrogen-bond acceptors (Lipinski definition) is 6. The quantitative estimate of drug-likeness (QED) is 0.261. The van der Waals surface area contributed by atoms with Crippen LogP contribution in [-0.4, -0.2) is 33.0 Å². The van der Waals surface area contributed by atoms with Crippen LogP contribution in [0.5, 0.6) is 0 Å². The number of cyclic esters (lactones) is 1. The molecule has 1 saturated heterocycles. The zero-order chi connectivity index (χ0) is 32.0. The molecule has 2 fully saturated rings. The van der Waals surface area contributed by atoms with Gasteiger partial charge in [-0.3, -0.25) is 4.90 Å². The Morgan fingerprint density at radius 3 is 2.27 bits per heavy atom. The molecule has 13 heteroatoms. The molecule has 2 aromatic heterocycles. The first-order valence-electron chi connectivity index (χ1n) is 14.6. The summed E-state index contributed by atoms with van der Waals surface area (Å²) in [7, 11) is 0. The van der Waals surface area contributed by atoms with E-state index in [1.54, 1.807) is 13.1 Å². The van der Waals surface area contributed by atoms with E-state index in [1.165, 1.54) is 16.2 Å². The second-order valence-electron chi connectivity index (χ2n) is 11.6. The summed E-state index contributed by atoms with van der Waals surface area (Å²) in [6.07, 6.45) is -5.16. The lowest BCUT2D eigenvalue weighted by atomic mass is 9.83. The van der Waals surface area contributed by atoms with Gasteiger partial charge in [-0.05, 0) is 69.4 Å². The molecular formula is C31H34F6N4O2S. The van der Waals surface area contributed by atoms with Crippen molar-refractivity contribution in [3.05, 3.63) is 63.4 Å². The minimum Gasteiger partial charge on any atom is -0.439 e. The van der Waals surface area contributed by atoms with Gasteiger partial charge < -0.3 is 10.1 Å². The Morgan fingerprint density at radius 2 is 1.68 bits per heavy atom. The molecule has 0 bridgehead atoms. The number of alkyl halides is 6. The molecule has 1 saturated carbocycles. The highest BCUT2D eigenvalue weighted by molar-refractivity contribution is 7.15. The molecule has 0 radical (unpaired) electrons. The fourth-order valence-electron chi connectivity index (χ4n) is 6.23. The second kappa shape index (κ2) is 12.2. The van der Waals surface area contributed by atoms with Gasteiger partial charge in [-0.15, -0.1) is 11.3 Å². The number of pyridine rings is 1. The van der Waals surface area contributed by atoms with Crippen molar-refractivity contribution < 1.29 is 35.9 Å². The van der Waals surface area contributed by atoms with Crippen LogP contribution in [0.25, 0.3) is 10.4 Å². The fraction of sp³-hybridized carbons (Fsp3) is 0.516. The van der Waals surface area contributed by atoms with Crippen molar-refractivity contribution in [3.63, 3.8) is 0 Å². The van der Waals surface area contributed by atoms with E-state index in [0.717, 1.165) is 53.2 Å². The molecule has 3 aromatic rings. The monoisotopic (exact) mass is 640 g/mol. The summed E-state index contributed by atoms with van der Waals surface area (Å²) < 4.78 is 86.8. The molecule has 44 heavy (non-hydrogen) atoms. The Kier molecular flexibility index (Phi) is 8.90. The van der Waals surface area contributed by atoms with Gasteiger partial charge in [0.05, 0.1) is 39.3 Å². The molecule has 1 amide bonds. The lowest BCUT2D eigenvalue weighted by Gasteiger charge is -2.33. The van der Waals surface area contributed by atoms with E-state index in [9.17, 15) is 31.1 Å². The van der Waals surface area contributed by atoms with Crippen molar-refractivity contribution in [2.24, 2.45) is 5.92 Å². The largest absolute Gasteiger partial charge is 0.439 e. The van der Waals surface area contributed by atoms with Crippen LogP contribution >= 0.6 is 11.3 Å². The molecule has 3 heterocycles. The summed E-state index contributed by atoms with van der Waals surface area (Å²) in [6, 6.07) is 2.53. The minimum atomic E-state index is -5.02. The molecule has 2 aliphatic rings. The van der Waals surface area contributed by atoms with E-state index in [-0.39, 0.29) is 24.2 Å². The number of aryl methyl sites for hydroxylation is 2. The Morgan fingerprint density at radius 1 is 1.02 bits per heavy atom. The van der Waals surface area contributed by atoms with Gasteiger partial charge in [0, 0.05) is 23.4 Å². The number of benzene rings is 1. The van der Waals surface area contributed by atoms with Gasteiger partial charge >= 0.3 is 18.4 Å². The molecular weight excluding hydrogens is 606 g/mol. The number of anilines is 1. The summed E-state index contributed by atoms with van der Waals surface area (Å²) in [6.45, 7) is 7.49. The third-order valence-corrected chi connectivity index (χ3v) is 9.68. The van der Waals surface area contributed by atoms with Crippen LogP contribution in [0.1, 0.15) is 85.0 Å². The Labute approximate surface area is 255 Å². The van der Waals surface area contributed by atoms with E-state index in [0.29, 0.717) is 29.4 Å². The van der Waals surface area contributed by atoms with Crippen LogP contribution in [0.15, 0.2) is 30.5 Å². The van der Waals surface area contributed by atoms with Crippen molar-refractivity contribution in [1.82, 2.24) is 14.9 Å². The van der Waals surface area contributed by atoms with E-state index in [2.05, 4.69) is 17.2 Å². The summed E-state index contributed by atoms with van der Waals surface area (Å²) in [4.78, 5) is 24.7. The van der Waals surface area contributed by atoms with Gasteiger partial charge in [0.15, 0.2) is 0 Å². The smallest absolute Gasteiger partial charge is 0.416 e. The van der Waals surface area contributed by atoms with Crippen molar-refractivity contribution >= 4 is 23.2 Å². The number of ether oxygens (including phenoxy) is 1. The first kappa shape index (κ1) is 32.1. The van der Waals surface area contributed by atoms with Crippen molar-refractivity contribution in [1.29, 1.82) is 0 Å². The Balaban J connectivity index is 1.50. The zero-order valence-corrected chi connectivity index (χ0v) is 25.6. The maximum absolute atomic E-state index is 13.6. The van der Waals surface area contributed by atoms with Crippen molar-refractivity contribution in [3.8, 4) is 10.4 Å². The maximum Gasteiger partial charge on any atom is 0.416 e. The maximum atomic E-state index is 13.6. The number of halogens is 6. The molecule has 0 spiro atoms. The Bertz CT molecular complexity index is 1490. The summed E-state index contributed by atoms with van der Waals surface area (Å²) in [5.41, 5.74) is -0.990. The number of rotatable bonds is 7. The van der Waals surface area contributed by atoms with Crippen molar-refractivity contribution in [2.75, 3.05) is 5.32 Å². The van der Waals surface area contributed by atoms with Gasteiger partial charge in [-0.1, -0.05) is 26.2 Å². The molecule has 1 aromatic carbocycles.